The first-order chi connectivity index (χ1) is 8.29. The molecular weight excluding hydrogens is 212 g/mol. The minimum absolute atomic E-state index is 0.299. The minimum atomic E-state index is 0.299. The van der Waals surface area contributed by atoms with E-state index in [-0.39, 0.29) is 0 Å². The normalized spacial score (nSPS) is 20.6. The van der Waals surface area contributed by atoms with Crippen molar-refractivity contribution in [1.82, 2.24) is 10.2 Å². The number of piperidine rings is 1. The zero-order chi connectivity index (χ0) is 12.5. The summed E-state index contributed by atoms with van der Waals surface area (Å²) in [6, 6.07) is 0.494. The lowest BCUT2D eigenvalue weighted by molar-refractivity contribution is -0.133. The van der Waals surface area contributed by atoms with Crippen LogP contribution >= 0.6 is 0 Å². The van der Waals surface area contributed by atoms with E-state index in [1.807, 2.05) is 0 Å². The van der Waals surface area contributed by atoms with Crippen LogP contribution in [0.25, 0.3) is 0 Å². The zero-order valence-electron chi connectivity index (χ0n) is 11.5. The van der Waals surface area contributed by atoms with Gasteiger partial charge in [-0.3, -0.25) is 4.79 Å². The number of carbonyl (C=O) groups excluding carboxylic acids is 1. The van der Waals surface area contributed by atoms with Gasteiger partial charge in [-0.05, 0) is 38.6 Å². The van der Waals surface area contributed by atoms with Crippen molar-refractivity contribution in [2.45, 2.75) is 64.8 Å². The second-order valence-corrected chi connectivity index (χ2v) is 5.03. The van der Waals surface area contributed by atoms with Gasteiger partial charge in [0.25, 0.3) is 0 Å². The largest absolute Gasteiger partial charge is 0.339 e. The van der Waals surface area contributed by atoms with Gasteiger partial charge in [0.15, 0.2) is 0 Å². The number of carbonyl (C=O) groups is 1. The van der Waals surface area contributed by atoms with Crippen molar-refractivity contribution in [1.29, 1.82) is 0 Å². The van der Waals surface area contributed by atoms with Crippen LogP contribution in [0, 0.1) is 0 Å². The molecule has 0 aliphatic carbocycles. The van der Waals surface area contributed by atoms with Gasteiger partial charge >= 0.3 is 0 Å². The molecule has 0 bridgehead atoms. The molecule has 1 atom stereocenters. The molecule has 1 unspecified atom stereocenters. The van der Waals surface area contributed by atoms with Gasteiger partial charge in [-0.2, -0.15) is 0 Å². The Hall–Kier alpha value is -0.570. The summed E-state index contributed by atoms with van der Waals surface area (Å²) in [4.78, 5) is 14.2. The molecule has 1 heterocycles. The maximum absolute atomic E-state index is 12.1. The fourth-order valence-electron chi connectivity index (χ4n) is 2.55. The van der Waals surface area contributed by atoms with E-state index in [0.717, 1.165) is 19.5 Å². The van der Waals surface area contributed by atoms with Crippen LogP contribution in [-0.4, -0.2) is 36.5 Å². The highest BCUT2D eigenvalue weighted by atomic mass is 16.2. The van der Waals surface area contributed by atoms with Gasteiger partial charge in [-0.1, -0.05) is 26.7 Å². The Balaban J connectivity index is 2.20. The lowest BCUT2D eigenvalue weighted by Gasteiger charge is -2.35. The van der Waals surface area contributed by atoms with Crippen molar-refractivity contribution in [3.05, 3.63) is 0 Å². The molecule has 100 valence electrons. The second-order valence-electron chi connectivity index (χ2n) is 5.03. The molecule has 17 heavy (non-hydrogen) atoms. The first-order valence-corrected chi connectivity index (χ1v) is 7.29. The predicted octanol–water partition coefficient (Wildman–Crippen LogP) is 2.56. The molecule has 0 radical (unpaired) electrons. The van der Waals surface area contributed by atoms with Gasteiger partial charge in [-0.25, -0.2) is 0 Å². The summed E-state index contributed by atoms with van der Waals surface area (Å²) in [5, 5.41) is 3.27. The zero-order valence-corrected chi connectivity index (χ0v) is 11.5. The van der Waals surface area contributed by atoms with Crippen LogP contribution in [0.3, 0.4) is 0 Å². The summed E-state index contributed by atoms with van der Waals surface area (Å²) in [5.74, 6) is 0.299. The Morgan fingerprint density at radius 1 is 1.29 bits per heavy atom. The molecule has 1 saturated heterocycles. The third kappa shape index (κ3) is 5.07. The van der Waals surface area contributed by atoms with E-state index < -0.39 is 0 Å². The smallest absolute Gasteiger partial charge is 0.236 e. The first kappa shape index (κ1) is 14.5. The summed E-state index contributed by atoms with van der Waals surface area (Å²) in [5.41, 5.74) is 0. The predicted molar refractivity (Wildman–Crippen MR) is 72.0 cm³/mol. The first-order valence-electron chi connectivity index (χ1n) is 7.29. The number of nitrogens with zero attached hydrogens (tertiary/aromatic N) is 1. The molecule has 3 nitrogen and oxygen atoms in total. The lowest BCUT2D eigenvalue weighted by atomic mass is 10.00. The van der Waals surface area contributed by atoms with Crippen LogP contribution in [-0.2, 0) is 4.79 Å². The number of unbranched alkanes of at least 4 members (excludes halogenated alkanes) is 2. The van der Waals surface area contributed by atoms with Gasteiger partial charge < -0.3 is 10.2 Å². The Kier molecular flexibility index (Phi) is 7.25. The van der Waals surface area contributed by atoms with Crippen LogP contribution in [0.4, 0.5) is 0 Å². The highest BCUT2D eigenvalue weighted by Gasteiger charge is 2.24. The van der Waals surface area contributed by atoms with Gasteiger partial charge in [0.1, 0.15) is 0 Å². The van der Waals surface area contributed by atoms with Gasteiger partial charge in [0.05, 0.1) is 6.54 Å². The van der Waals surface area contributed by atoms with E-state index in [1.54, 1.807) is 0 Å². The maximum atomic E-state index is 12.1. The molecule has 1 N–H and O–H groups in total. The van der Waals surface area contributed by atoms with Crippen LogP contribution in [0.15, 0.2) is 0 Å². The van der Waals surface area contributed by atoms with Crippen LogP contribution < -0.4 is 5.32 Å². The number of likely N-dealkylation sites (tertiary alicyclic amines) is 1. The maximum Gasteiger partial charge on any atom is 0.236 e. The molecule has 0 aromatic carbocycles. The SMILES string of the molecule is CCCCCNCC(=O)N1CCCCC1CC. The number of hydrogen-bond acceptors (Lipinski definition) is 2. The average molecular weight is 240 g/mol. The van der Waals surface area contributed by atoms with Gasteiger partial charge in [-0.15, -0.1) is 0 Å². The molecule has 1 aliphatic heterocycles. The quantitative estimate of drug-likeness (QED) is 0.694. The van der Waals surface area contributed by atoms with Crippen molar-refractivity contribution in [3.63, 3.8) is 0 Å². The molecule has 0 aromatic heterocycles. The molecule has 3 heteroatoms. The molecule has 0 aromatic rings. The molecule has 1 fully saturated rings. The second kappa shape index (κ2) is 8.51. The number of rotatable bonds is 7. The standard InChI is InChI=1S/C14H28N2O/c1-3-5-7-10-15-12-14(17)16-11-8-6-9-13(16)4-2/h13,15H,3-12H2,1-2H3. The van der Waals surface area contributed by atoms with Crippen molar-refractivity contribution in [2.24, 2.45) is 0 Å². The Morgan fingerprint density at radius 2 is 2.12 bits per heavy atom. The van der Waals surface area contributed by atoms with Crippen LogP contribution in [0.2, 0.25) is 0 Å². The Morgan fingerprint density at radius 3 is 2.82 bits per heavy atom. The van der Waals surface area contributed by atoms with Crippen LogP contribution in [0.5, 0.6) is 0 Å². The Bertz CT molecular complexity index is 218. The van der Waals surface area contributed by atoms with Crippen molar-refractivity contribution >= 4 is 5.91 Å². The van der Waals surface area contributed by atoms with E-state index in [9.17, 15) is 4.79 Å². The fourth-order valence-corrected chi connectivity index (χ4v) is 2.55. The molecule has 0 saturated carbocycles. The fraction of sp³-hybridized carbons (Fsp3) is 0.929. The summed E-state index contributed by atoms with van der Waals surface area (Å²) in [7, 11) is 0. The van der Waals surface area contributed by atoms with Crippen molar-refractivity contribution < 1.29 is 4.79 Å². The summed E-state index contributed by atoms with van der Waals surface area (Å²) < 4.78 is 0. The summed E-state index contributed by atoms with van der Waals surface area (Å²) >= 11 is 0. The molecular formula is C14H28N2O. The number of nitrogens with one attached hydrogen (secondary N) is 1. The molecule has 1 amide bonds. The minimum Gasteiger partial charge on any atom is -0.339 e. The number of amides is 1. The summed E-state index contributed by atoms with van der Waals surface area (Å²) in [6.45, 7) is 6.86. The van der Waals surface area contributed by atoms with Crippen LogP contribution in [0.1, 0.15) is 58.8 Å². The highest BCUT2D eigenvalue weighted by Crippen LogP contribution is 2.19. The van der Waals surface area contributed by atoms with E-state index in [2.05, 4.69) is 24.1 Å². The molecule has 1 rings (SSSR count). The van der Waals surface area contributed by atoms with Gasteiger partial charge in [0.2, 0.25) is 5.91 Å². The monoisotopic (exact) mass is 240 g/mol. The van der Waals surface area contributed by atoms with E-state index in [1.165, 1.54) is 38.5 Å². The molecule has 1 aliphatic rings. The Labute approximate surface area is 106 Å². The number of hydrogen-bond donors (Lipinski definition) is 1. The van der Waals surface area contributed by atoms with E-state index >= 15 is 0 Å². The molecule has 0 spiro atoms. The highest BCUT2D eigenvalue weighted by molar-refractivity contribution is 5.78. The van der Waals surface area contributed by atoms with Crippen molar-refractivity contribution in [3.8, 4) is 0 Å². The van der Waals surface area contributed by atoms with Gasteiger partial charge in [0, 0.05) is 12.6 Å². The lowest BCUT2D eigenvalue weighted by Crippen LogP contribution is -2.47. The van der Waals surface area contributed by atoms with E-state index in [4.69, 9.17) is 0 Å². The van der Waals surface area contributed by atoms with E-state index in [0.29, 0.717) is 18.5 Å². The average Bonchev–Trinajstić information content (AvgIpc) is 2.38. The third-order valence-corrected chi connectivity index (χ3v) is 3.65. The van der Waals surface area contributed by atoms with Crippen molar-refractivity contribution in [2.75, 3.05) is 19.6 Å². The summed E-state index contributed by atoms with van der Waals surface area (Å²) in [6.07, 6.45) is 8.42. The topological polar surface area (TPSA) is 32.3 Å². The third-order valence-electron chi connectivity index (χ3n) is 3.65.